The van der Waals surface area contributed by atoms with Crippen LogP contribution in [0.5, 0.6) is 0 Å². The number of hydrogen-bond donors (Lipinski definition) is 0. The molecular formula is C24H31F3N4O4S. The number of anilines is 2. The van der Waals surface area contributed by atoms with Gasteiger partial charge in [-0.2, -0.15) is 13.2 Å². The molecule has 2 aliphatic heterocycles. The first-order valence-corrected chi connectivity index (χ1v) is 12.8. The van der Waals surface area contributed by atoms with Crippen LogP contribution in [0.1, 0.15) is 50.8 Å². The largest absolute Gasteiger partial charge is 0.443 e. The lowest BCUT2D eigenvalue weighted by atomic mass is 10.2. The van der Waals surface area contributed by atoms with Crippen LogP contribution >= 0.6 is 11.8 Å². The molecule has 0 aliphatic carbocycles. The lowest BCUT2D eigenvalue weighted by molar-refractivity contribution is -0.119. The van der Waals surface area contributed by atoms with Gasteiger partial charge in [0.1, 0.15) is 23.7 Å². The molecule has 0 N–H and O–H groups in total. The number of morpholine rings is 1. The summed E-state index contributed by atoms with van der Waals surface area (Å²) in [6.45, 7) is 8.05. The van der Waals surface area contributed by atoms with Gasteiger partial charge in [0.05, 0.1) is 36.7 Å². The number of nitrogens with zero attached hydrogens (tertiary/aromatic N) is 4. The Balaban J connectivity index is 1.71. The van der Waals surface area contributed by atoms with Crippen LogP contribution in [0.4, 0.5) is 29.5 Å². The fraction of sp³-hybridized carbons (Fsp3) is 0.625. The van der Waals surface area contributed by atoms with Gasteiger partial charge in [0, 0.05) is 17.5 Å². The molecule has 0 saturated carbocycles. The fourth-order valence-electron chi connectivity index (χ4n) is 4.34. The van der Waals surface area contributed by atoms with Gasteiger partial charge in [-0.05, 0) is 53.5 Å². The molecule has 2 aliphatic rings. The number of amides is 1. The number of halogens is 3. The van der Waals surface area contributed by atoms with Crippen molar-refractivity contribution in [1.82, 2.24) is 9.97 Å². The van der Waals surface area contributed by atoms with E-state index in [2.05, 4.69) is 14.9 Å². The molecule has 2 bridgehead atoms. The van der Waals surface area contributed by atoms with Crippen molar-refractivity contribution in [2.24, 2.45) is 0 Å². The van der Waals surface area contributed by atoms with Gasteiger partial charge in [-0.25, -0.2) is 14.8 Å². The van der Waals surface area contributed by atoms with Crippen molar-refractivity contribution in [1.29, 1.82) is 0 Å². The average molecular weight is 529 g/mol. The molecule has 36 heavy (non-hydrogen) atoms. The van der Waals surface area contributed by atoms with Crippen molar-refractivity contribution in [3.63, 3.8) is 0 Å². The summed E-state index contributed by atoms with van der Waals surface area (Å²) >= 11 is 1.29. The highest BCUT2D eigenvalue weighted by molar-refractivity contribution is 7.98. The van der Waals surface area contributed by atoms with Gasteiger partial charge in [-0.1, -0.05) is 11.8 Å². The summed E-state index contributed by atoms with van der Waals surface area (Å²) in [6, 6.07) is 3.64. The summed E-state index contributed by atoms with van der Waals surface area (Å²) in [7, 11) is 0. The Hall–Kier alpha value is -2.47. The second kappa shape index (κ2) is 10.1. The Morgan fingerprint density at radius 3 is 2.39 bits per heavy atom. The lowest BCUT2D eigenvalue weighted by Gasteiger charge is -2.37. The molecule has 2 aromatic rings. The third-order valence-corrected chi connectivity index (χ3v) is 6.83. The molecular weight excluding hydrogens is 497 g/mol. The summed E-state index contributed by atoms with van der Waals surface area (Å²) in [4.78, 5) is 24.5. The number of rotatable bonds is 6. The van der Waals surface area contributed by atoms with Crippen molar-refractivity contribution < 1.29 is 31.9 Å². The Bertz CT molecular complexity index is 1070. The number of thioether (sulfide) groups is 1. The molecule has 198 valence electrons. The normalized spacial score (nSPS) is 20.1. The molecule has 2 aromatic heterocycles. The SMILES string of the molecule is Cc1nc(SCc2cc(N3C4CCC3COC4)cc(N(CC(F)(F)F)C(=O)OC(C)(C)C)n2)oc1C. The van der Waals surface area contributed by atoms with E-state index in [-0.39, 0.29) is 17.9 Å². The van der Waals surface area contributed by atoms with Gasteiger partial charge in [-0.3, -0.25) is 4.90 Å². The number of aromatic nitrogens is 2. The number of aryl methyl sites for hydroxylation is 2. The highest BCUT2D eigenvalue weighted by atomic mass is 32.2. The van der Waals surface area contributed by atoms with Crippen molar-refractivity contribution in [2.45, 2.75) is 82.3 Å². The van der Waals surface area contributed by atoms with Gasteiger partial charge < -0.3 is 18.8 Å². The average Bonchev–Trinajstić information content (AvgIpc) is 3.22. The van der Waals surface area contributed by atoms with Crippen LogP contribution in [0.15, 0.2) is 21.8 Å². The van der Waals surface area contributed by atoms with Crippen LogP contribution in [0.3, 0.4) is 0 Å². The maximum Gasteiger partial charge on any atom is 0.416 e. The van der Waals surface area contributed by atoms with Crippen molar-refractivity contribution in [2.75, 3.05) is 29.6 Å². The number of carbonyl (C=O) groups excluding carboxylic acids is 1. The summed E-state index contributed by atoms with van der Waals surface area (Å²) in [5.41, 5.74) is 1.01. The molecule has 0 spiro atoms. The topological polar surface area (TPSA) is 80.9 Å². The van der Waals surface area contributed by atoms with E-state index in [0.717, 1.165) is 18.5 Å². The number of oxazole rings is 1. The van der Waals surface area contributed by atoms with Gasteiger partial charge >= 0.3 is 12.3 Å². The van der Waals surface area contributed by atoms with Crippen LogP contribution in [-0.2, 0) is 15.2 Å². The van der Waals surface area contributed by atoms with E-state index in [1.807, 2.05) is 19.9 Å². The maximum absolute atomic E-state index is 13.6. The van der Waals surface area contributed by atoms with E-state index in [4.69, 9.17) is 13.9 Å². The molecule has 0 aromatic carbocycles. The molecule has 8 nitrogen and oxygen atoms in total. The Labute approximate surface area is 212 Å². The number of hydrogen-bond acceptors (Lipinski definition) is 8. The molecule has 2 atom stereocenters. The van der Waals surface area contributed by atoms with Crippen molar-refractivity contribution >= 4 is 29.4 Å². The molecule has 0 radical (unpaired) electrons. The molecule has 2 fully saturated rings. The van der Waals surface area contributed by atoms with E-state index < -0.39 is 24.4 Å². The van der Waals surface area contributed by atoms with E-state index in [1.54, 1.807) is 26.8 Å². The highest BCUT2D eigenvalue weighted by Crippen LogP contribution is 2.37. The zero-order valence-corrected chi connectivity index (χ0v) is 21.8. The number of fused-ring (bicyclic) bond motifs is 2. The van der Waals surface area contributed by atoms with Crippen LogP contribution in [0, 0.1) is 13.8 Å². The highest BCUT2D eigenvalue weighted by Gasteiger charge is 2.40. The first-order valence-electron chi connectivity index (χ1n) is 11.8. The van der Waals surface area contributed by atoms with E-state index >= 15 is 0 Å². The number of alkyl halides is 3. The van der Waals surface area contributed by atoms with Crippen LogP contribution in [0.2, 0.25) is 0 Å². The van der Waals surface area contributed by atoms with Gasteiger partial charge in [0.25, 0.3) is 5.22 Å². The molecule has 2 unspecified atom stereocenters. The first-order chi connectivity index (χ1) is 16.8. The van der Waals surface area contributed by atoms with Crippen molar-refractivity contribution in [3.05, 3.63) is 29.3 Å². The minimum absolute atomic E-state index is 0.111. The Morgan fingerprint density at radius 1 is 1.17 bits per heavy atom. The van der Waals surface area contributed by atoms with E-state index in [1.165, 1.54) is 11.8 Å². The second-order valence-electron chi connectivity index (χ2n) is 10.1. The molecule has 4 heterocycles. The van der Waals surface area contributed by atoms with Gasteiger partial charge in [-0.15, -0.1) is 0 Å². The predicted octanol–water partition coefficient (Wildman–Crippen LogP) is 5.65. The van der Waals surface area contributed by atoms with Crippen LogP contribution in [-0.4, -0.2) is 59.7 Å². The Kier molecular flexibility index (Phi) is 7.47. The summed E-state index contributed by atoms with van der Waals surface area (Å²) in [5, 5.41) is 0.449. The van der Waals surface area contributed by atoms with E-state index in [0.29, 0.717) is 46.2 Å². The smallest absolute Gasteiger partial charge is 0.416 e. The summed E-state index contributed by atoms with van der Waals surface area (Å²) in [6.07, 6.45) is -3.89. The number of pyridine rings is 1. The Morgan fingerprint density at radius 2 is 1.83 bits per heavy atom. The van der Waals surface area contributed by atoms with Gasteiger partial charge in [0.15, 0.2) is 0 Å². The molecule has 1 amide bonds. The van der Waals surface area contributed by atoms with Crippen molar-refractivity contribution in [3.8, 4) is 0 Å². The van der Waals surface area contributed by atoms with Crippen LogP contribution < -0.4 is 9.80 Å². The minimum atomic E-state index is -4.64. The first kappa shape index (κ1) is 26.6. The number of carbonyl (C=O) groups is 1. The maximum atomic E-state index is 13.6. The standard InChI is InChI=1S/C24H31F3N4O4S/c1-14-15(2)34-21(28-14)36-12-16-8-19(31-17-6-7-18(31)11-33-10-17)9-20(29-16)30(13-24(25,26)27)22(32)35-23(3,4)5/h8-9,17-18H,6-7,10-13H2,1-5H3. The van der Waals surface area contributed by atoms with E-state index in [9.17, 15) is 18.0 Å². The summed E-state index contributed by atoms with van der Waals surface area (Å²) in [5.74, 6) is 0.889. The predicted molar refractivity (Wildman–Crippen MR) is 130 cm³/mol. The minimum Gasteiger partial charge on any atom is -0.443 e. The zero-order chi connectivity index (χ0) is 26.3. The van der Waals surface area contributed by atoms with Gasteiger partial charge in [0.2, 0.25) is 0 Å². The third kappa shape index (κ3) is 6.44. The molecule has 2 saturated heterocycles. The third-order valence-electron chi connectivity index (χ3n) is 5.97. The zero-order valence-electron chi connectivity index (χ0n) is 21.0. The number of ether oxygens (including phenoxy) is 2. The van der Waals surface area contributed by atoms with Crippen LogP contribution in [0.25, 0.3) is 0 Å². The molecule has 4 rings (SSSR count). The summed E-state index contributed by atoms with van der Waals surface area (Å²) < 4.78 is 57.3. The quantitative estimate of drug-likeness (QED) is 0.445. The monoisotopic (exact) mass is 528 g/mol. The molecule has 12 heteroatoms. The lowest BCUT2D eigenvalue weighted by Crippen LogP contribution is -2.46. The fourth-order valence-corrected chi connectivity index (χ4v) is 5.15. The second-order valence-corrected chi connectivity index (χ2v) is 11.0.